The normalized spacial score (nSPS) is 18.3. The predicted octanol–water partition coefficient (Wildman–Crippen LogP) is 7.29. The SMILES string of the molecule is CCc1nc(-c2ccc(Cl)cc2Cl)c(CC)nc1NC1c2ccoc2CCC1CC. The average molecular weight is 444 g/mol. The van der Waals surface area contributed by atoms with Crippen molar-refractivity contribution >= 4 is 29.0 Å². The molecule has 0 aliphatic heterocycles. The van der Waals surface area contributed by atoms with Gasteiger partial charge in [-0.25, -0.2) is 9.97 Å². The van der Waals surface area contributed by atoms with Crippen LogP contribution >= 0.6 is 23.2 Å². The van der Waals surface area contributed by atoms with Gasteiger partial charge in [0.15, 0.2) is 0 Å². The Morgan fingerprint density at radius 1 is 1.07 bits per heavy atom. The number of furan rings is 1. The summed E-state index contributed by atoms with van der Waals surface area (Å²) in [5, 5.41) is 4.94. The van der Waals surface area contributed by atoms with Crippen LogP contribution in [0.4, 0.5) is 5.82 Å². The third-order valence-electron chi connectivity index (χ3n) is 6.04. The van der Waals surface area contributed by atoms with E-state index in [-0.39, 0.29) is 6.04 Å². The number of hydrogen-bond acceptors (Lipinski definition) is 4. The van der Waals surface area contributed by atoms with E-state index in [1.165, 1.54) is 5.56 Å². The zero-order valence-corrected chi connectivity index (χ0v) is 19.1. The molecule has 4 nitrogen and oxygen atoms in total. The number of nitrogens with zero attached hydrogens (tertiary/aromatic N) is 2. The second kappa shape index (κ2) is 8.99. The summed E-state index contributed by atoms with van der Waals surface area (Å²) in [6, 6.07) is 7.80. The van der Waals surface area contributed by atoms with Crippen molar-refractivity contribution in [2.45, 2.75) is 58.9 Å². The number of aromatic nitrogens is 2. The first-order valence-electron chi connectivity index (χ1n) is 10.7. The average Bonchev–Trinajstić information content (AvgIpc) is 3.23. The first-order valence-corrected chi connectivity index (χ1v) is 11.5. The van der Waals surface area contributed by atoms with Crippen LogP contribution in [-0.4, -0.2) is 9.97 Å². The lowest BCUT2D eigenvalue weighted by atomic mass is 9.81. The molecular formula is C24H27Cl2N3O. The second-order valence-electron chi connectivity index (χ2n) is 7.77. The van der Waals surface area contributed by atoms with Gasteiger partial charge in [-0.3, -0.25) is 0 Å². The van der Waals surface area contributed by atoms with E-state index in [0.717, 1.165) is 66.3 Å². The molecule has 158 valence electrons. The Bertz CT molecular complexity index is 1050. The highest BCUT2D eigenvalue weighted by atomic mass is 35.5. The lowest BCUT2D eigenvalue weighted by molar-refractivity contribution is 0.354. The Morgan fingerprint density at radius 3 is 2.57 bits per heavy atom. The molecule has 2 atom stereocenters. The van der Waals surface area contributed by atoms with Crippen molar-refractivity contribution in [1.82, 2.24) is 9.97 Å². The van der Waals surface area contributed by atoms with Gasteiger partial charge >= 0.3 is 0 Å². The van der Waals surface area contributed by atoms with Crippen LogP contribution < -0.4 is 5.32 Å². The number of anilines is 1. The maximum atomic E-state index is 6.49. The van der Waals surface area contributed by atoms with Crippen LogP contribution in [0.2, 0.25) is 10.0 Å². The molecule has 0 saturated heterocycles. The van der Waals surface area contributed by atoms with Gasteiger partial charge in [0.25, 0.3) is 0 Å². The molecule has 0 bridgehead atoms. The standard InChI is InChI=1S/C24H27Cl2N3O/c1-4-14-7-10-21-17(11-12-30-21)22(14)29-24-20(6-3)27-23(19(5-2)28-24)16-9-8-15(25)13-18(16)26/h8-9,11-14,22H,4-7,10H2,1-3H3,(H,28,29). The maximum absolute atomic E-state index is 6.49. The fourth-order valence-corrected chi connectivity index (χ4v) is 4.86. The number of hydrogen-bond donors (Lipinski definition) is 1. The van der Waals surface area contributed by atoms with E-state index in [9.17, 15) is 0 Å². The summed E-state index contributed by atoms with van der Waals surface area (Å²) < 4.78 is 5.72. The molecule has 4 rings (SSSR count). The highest BCUT2D eigenvalue weighted by Gasteiger charge is 2.31. The smallest absolute Gasteiger partial charge is 0.148 e. The van der Waals surface area contributed by atoms with Gasteiger partial charge < -0.3 is 9.73 Å². The van der Waals surface area contributed by atoms with E-state index in [2.05, 4.69) is 32.2 Å². The summed E-state index contributed by atoms with van der Waals surface area (Å²) in [5.74, 6) is 2.49. The van der Waals surface area contributed by atoms with Gasteiger partial charge in [-0.05, 0) is 49.4 Å². The summed E-state index contributed by atoms with van der Waals surface area (Å²) in [5.41, 5.74) is 4.82. The molecule has 1 aliphatic carbocycles. The Hall–Kier alpha value is -2.04. The first kappa shape index (κ1) is 21.2. The van der Waals surface area contributed by atoms with E-state index in [1.807, 2.05) is 12.1 Å². The van der Waals surface area contributed by atoms with Crippen LogP contribution in [0.15, 0.2) is 34.9 Å². The monoisotopic (exact) mass is 443 g/mol. The summed E-state index contributed by atoms with van der Waals surface area (Å²) in [6.07, 6.45) is 6.56. The van der Waals surface area contributed by atoms with Crippen LogP contribution in [-0.2, 0) is 19.3 Å². The number of benzene rings is 1. The number of halogens is 2. The van der Waals surface area contributed by atoms with Crippen molar-refractivity contribution < 1.29 is 4.42 Å². The molecule has 1 aromatic carbocycles. The molecule has 2 heterocycles. The van der Waals surface area contributed by atoms with Gasteiger partial charge in [0, 0.05) is 22.6 Å². The fourth-order valence-electron chi connectivity index (χ4n) is 4.36. The van der Waals surface area contributed by atoms with E-state index in [0.29, 0.717) is 16.0 Å². The molecule has 1 aliphatic rings. The molecular weight excluding hydrogens is 417 g/mol. The molecule has 30 heavy (non-hydrogen) atoms. The summed E-state index contributed by atoms with van der Waals surface area (Å²) in [7, 11) is 0. The predicted molar refractivity (Wildman–Crippen MR) is 123 cm³/mol. The molecule has 1 N–H and O–H groups in total. The van der Waals surface area contributed by atoms with Crippen molar-refractivity contribution in [2.24, 2.45) is 5.92 Å². The van der Waals surface area contributed by atoms with Crippen molar-refractivity contribution in [3.05, 3.63) is 63.3 Å². The Morgan fingerprint density at radius 2 is 1.87 bits per heavy atom. The van der Waals surface area contributed by atoms with Crippen LogP contribution in [0.1, 0.15) is 62.4 Å². The summed E-state index contributed by atoms with van der Waals surface area (Å²) in [4.78, 5) is 10.0. The molecule has 6 heteroatoms. The van der Waals surface area contributed by atoms with Crippen molar-refractivity contribution in [1.29, 1.82) is 0 Å². The highest BCUT2D eigenvalue weighted by molar-refractivity contribution is 6.36. The number of aryl methyl sites for hydroxylation is 3. The van der Waals surface area contributed by atoms with Gasteiger partial charge in [0.2, 0.25) is 0 Å². The first-order chi connectivity index (χ1) is 14.5. The van der Waals surface area contributed by atoms with E-state index >= 15 is 0 Å². The van der Waals surface area contributed by atoms with E-state index in [1.54, 1.807) is 12.3 Å². The zero-order chi connectivity index (χ0) is 21.3. The molecule has 0 saturated carbocycles. The summed E-state index contributed by atoms with van der Waals surface area (Å²) in [6.45, 7) is 6.45. The van der Waals surface area contributed by atoms with E-state index < -0.39 is 0 Å². The minimum Gasteiger partial charge on any atom is -0.469 e. The largest absolute Gasteiger partial charge is 0.469 e. The van der Waals surface area contributed by atoms with Crippen LogP contribution in [0.3, 0.4) is 0 Å². The topological polar surface area (TPSA) is 51.0 Å². The molecule has 2 aromatic heterocycles. The quantitative estimate of drug-likeness (QED) is 0.434. The molecule has 2 unspecified atom stereocenters. The Kier molecular flexibility index (Phi) is 6.35. The fraction of sp³-hybridized carbons (Fsp3) is 0.417. The lowest BCUT2D eigenvalue weighted by Gasteiger charge is -2.32. The van der Waals surface area contributed by atoms with Crippen LogP contribution in [0, 0.1) is 5.92 Å². The van der Waals surface area contributed by atoms with Gasteiger partial charge in [-0.15, -0.1) is 0 Å². The molecule has 0 amide bonds. The van der Waals surface area contributed by atoms with Gasteiger partial charge in [-0.1, -0.05) is 50.4 Å². The lowest BCUT2D eigenvalue weighted by Crippen LogP contribution is -2.27. The summed E-state index contributed by atoms with van der Waals surface area (Å²) >= 11 is 12.6. The van der Waals surface area contributed by atoms with Gasteiger partial charge in [0.05, 0.1) is 34.4 Å². The van der Waals surface area contributed by atoms with E-state index in [4.69, 9.17) is 37.6 Å². The van der Waals surface area contributed by atoms with Crippen molar-refractivity contribution in [3.63, 3.8) is 0 Å². The van der Waals surface area contributed by atoms with Gasteiger partial charge in [-0.2, -0.15) is 0 Å². The molecule has 0 fully saturated rings. The Balaban J connectivity index is 1.76. The number of nitrogens with one attached hydrogen (secondary N) is 1. The van der Waals surface area contributed by atoms with Crippen LogP contribution in [0.25, 0.3) is 11.3 Å². The third-order valence-corrected chi connectivity index (χ3v) is 6.59. The van der Waals surface area contributed by atoms with Crippen molar-refractivity contribution in [3.8, 4) is 11.3 Å². The second-order valence-corrected chi connectivity index (χ2v) is 8.62. The Labute approximate surface area is 188 Å². The van der Waals surface area contributed by atoms with Crippen molar-refractivity contribution in [2.75, 3.05) is 5.32 Å². The molecule has 3 aromatic rings. The highest BCUT2D eigenvalue weighted by Crippen LogP contribution is 2.40. The van der Waals surface area contributed by atoms with Crippen LogP contribution in [0.5, 0.6) is 0 Å². The third kappa shape index (κ3) is 3.95. The zero-order valence-electron chi connectivity index (χ0n) is 17.6. The van der Waals surface area contributed by atoms with Gasteiger partial charge in [0.1, 0.15) is 11.6 Å². The number of rotatable bonds is 6. The minimum absolute atomic E-state index is 0.187. The molecule has 0 spiro atoms. The number of fused-ring (bicyclic) bond motifs is 1. The minimum atomic E-state index is 0.187. The molecule has 0 radical (unpaired) electrons. The maximum Gasteiger partial charge on any atom is 0.148 e.